The van der Waals surface area contributed by atoms with E-state index in [0.717, 1.165) is 17.6 Å². The van der Waals surface area contributed by atoms with Crippen molar-refractivity contribution < 1.29 is 4.74 Å². The molecular weight excluding hydrogens is 222 g/mol. The van der Waals surface area contributed by atoms with Gasteiger partial charge in [0.05, 0.1) is 7.11 Å². The number of hydrogen-bond acceptors (Lipinski definition) is 2. The number of ether oxygens (including phenoxy) is 1. The lowest BCUT2D eigenvalue weighted by Crippen LogP contribution is -2.44. The molecule has 1 N–H and O–H groups in total. The molecule has 1 atom stereocenters. The normalized spacial score (nSPS) is 24.7. The van der Waals surface area contributed by atoms with E-state index >= 15 is 0 Å². The molecule has 0 aromatic heterocycles. The van der Waals surface area contributed by atoms with Crippen LogP contribution in [0.5, 0.6) is 5.75 Å². The van der Waals surface area contributed by atoms with Crippen LogP contribution in [0.2, 0.25) is 0 Å². The number of benzene rings is 1. The standard InChI is InChI=1S/C16H25NO/c1-11(2)13-9-14(10-13)17-12(3)15-7-5-6-8-16(15)18-4/h5-8,11-14,17H,9-10H2,1-4H3. The Bertz CT molecular complexity index is 382. The Balaban J connectivity index is 1.91. The molecule has 0 heterocycles. The first-order chi connectivity index (χ1) is 8.61. The second-order valence-corrected chi connectivity index (χ2v) is 5.80. The van der Waals surface area contributed by atoms with Crippen LogP contribution in [-0.4, -0.2) is 13.2 Å². The van der Waals surface area contributed by atoms with Crippen molar-refractivity contribution >= 4 is 0 Å². The minimum Gasteiger partial charge on any atom is -0.496 e. The van der Waals surface area contributed by atoms with Crippen molar-refractivity contribution in [2.24, 2.45) is 11.8 Å². The van der Waals surface area contributed by atoms with Gasteiger partial charge < -0.3 is 10.1 Å². The average molecular weight is 247 g/mol. The monoisotopic (exact) mass is 247 g/mol. The number of rotatable bonds is 5. The second-order valence-electron chi connectivity index (χ2n) is 5.80. The van der Waals surface area contributed by atoms with Crippen LogP contribution in [0.3, 0.4) is 0 Å². The Kier molecular flexibility index (Phi) is 4.28. The minimum absolute atomic E-state index is 0.360. The number of methoxy groups -OCH3 is 1. The molecule has 1 saturated carbocycles. The lowest BCUT2D eigenvalue weighted by Gasteiger charge is -2.40. The van der Waals surface area contributed by atoms with Crippen molar-refractivity contribution in [1.82, 2.24) is 5.32 Å². The largest absolute Gasteiger partial charge is 0.496 e. The van der Waals surface area contributed by atoms with Gasteiger partial charge in [-0.3, -0.25) is 0 Å². The zero-order chi connectivity index (χ0) is 13.1. The van der Waals surface area contributed by atoms with Gasteiger partial charge in [-0.15, -0.1) is 0 Å². The van der Waals surface area contributed by atoms with Gasteiger partial charge in [0.2, 0.25) is 0 Å². The predicted molar refractivity (Wildman–Crippen MR) is 75.9 cm³/mol. The molecule has 0 bridgehead atoms. The van der Waals surface area contributed by atoms with E-state index in [9.17, 15) is 0 Å². The molecule has 0 saturated heterocycles. The summed E-state index contributed by atoms with van der Waals surface area (Å²) in [5, 5.41) is 3.71. The van der Waals surface area contributed by atoms with Gasteiger partial charge in [0.1, 0.15) is 5.75 Å². The van der Waals surface area contributed by atoms with Crippen molar-refractivity contribution in [3.05, 3.63) is 29.8 Å². The summed E-state index contributed by atoms with van der Waals surface area (Å²) in [4.78, 5) is 0. The molecule has 100 valence electrons. The first-order valence-electron chi connectivity index (χ1n) is 7.00. The number of nitrogens with one attached hydrogen (secondary N) is 1. The van der Waals surface area contributed by atoms with Crippen molar-refractivity contribution in [3.8, 4) is 5.75 Å². The smallest absolute Gasteiger partial charge is 0.123 e. The molecule has 0 amide bonds. The summed E-state index contributed by atoms with van der Waals surface area (Å²) in [6.45, 7) is 6.87. The van der Waals surface area contributed by atoms with E-state index in [1.807, 2.05) is 12.1 Å². The zero-order valence-corrected chi connectivity index (χ0v) is 11.9. The second kappa shape index (κ2) is 5.75. The Labute approximate surface area is 111 Å². The van der Waals surface area contributed by atoms with Crippen LogP contribution in [0, 0.1) is 11.8 Å². The fourth-order valence-electron chi connectivity index (χ4n) is 2.81. The molecule has 2 rings (SSSR count). The molecule has 2 heteroatoms. The predicted octanol–water partition coefficient (Wildman–Crippen LogP) is 3.78. The van der Waals surface area contributed by atoms with Crippen LogP contribution < -0.4 is 10.1 Å². The van der Waals surface area contributed by atoms with Crippen LogP contribution in [0.1, 0.15) is 45.2 Å². The Morgan fingerprint density at radius 2 is 1.83 bits per heavy atom. The van der Waals surface area contributed by atoms with Crippen molar-refractivity contribution in [2.45, 2.75) is 45.7 Å². The molecule has 1 fully saturated rings. The molecule has 1 aliphatic rings. The van der Waals surface area contributed by atoms with Crippen molar-refractivity contribution in [2.75, 3.05) is 7.11 Å². The van der Waals surface area contributed by atoms with E-state index in [4.69, 9.17) is 4.74 Å². The van der Waals surface area contributed by atoms with Gasteiger partial charge in [-0.05, 0) is 37.7 Å². The Morgan fingerprint density at radius 1 is 1.17 bits per heavy atom. The van der Waals surface area contributed by atoms with Gasteiger partial charge in [0.15, 0.2) is 0 Å². The van der Waals surface area contributed by atoms with Gasteiger partial charge in [-0.1, -0.05) is 32.0 Å². The third kappa shape index (κ3) is 2.86. The topological polar surface area (TPSA) is 21.3 Å². The van der Waals surface area contributed by atoms with Crippen LogP contribution >= 0.6 is 0 Å². The highest BCUT2D eigenvalue weighted by Crippen LogP contribution is 2.35. The summed E-state index contributed by atoms with van der Waals surface area (Å²) in [5.41, 5.74) is 1.26. The summed E-state index contributed by atoms with van der Waals surface area (Å²) in [5.74, 6) is 2.72. The maximum absolute atomic E-state index is 5.42. The van der Waals surface area contributed by atoms with Crippen LogP contribution in [0.15, 0.2) is 24.3 Å². The highest BCUT2D eigenvalue weighted by atomic mass is 16.5. The molecule has 1 unspecified atom stereocenters. The maximum Gasteiger partial charge on any atom is 0.123 e. The molecule has 2 nitrogen and oxygen atoms in total. The lowest BCUT2D eigenvalue weighted by molar-refractivity contribution is 0.159. The summed E-state index contributed by atoms with van der Waals surface area (Å²) in [7, 11) is 1.74. The first-order valence-corrected chi connectivity index (χ1v) is 7.00. The fourth-order valence-corrected chi connectivity index (χ4v) is 2.81. The minimum atomic E-state index is 0.360. The van der Waals surface area contributed by atoms with Crippen LogP contribution in [0.4, 0.5) is 0 Å². The highest BCUT2D eigenvalue weighted by molar-refractivity contribution is 5.35. The van der Waals surface area contributed by atoms with E-state index in [2.05, 4.69) is 38.2 Å². The molecule has 0 aliphatic heterocycles. The van der Waals surface area contributed by atoms with E-state index in [1.165, 1.54) is 18.4 Å². The zero-order valence-electron chi connectivity index (χ0n) is 11.9. The first kappa shape index (κ1) is 13.4. The summed E-state index contributed by atoms with van der Waals surface area (Å²) >= 11 is 0. The molecular formula is C16H25NO. The van der Waals surface area contributed by atoms with Crippen molar-refractivity contribution in [1.29, 1.82) is 0 Å². The van der Waals surface area contributed by atoms with Crippen LogP contribution in [0.25, 0.3) is 0 Å². The Morgan fingerprint density at radius 3 is 2.44 bits per heavy atom. The van der Waals surface area contributed by atoms with Gasteiger partial charge in [0.25, 0.3) is 0 Å². The quantitative estimate of drug-likeness (QED) is 0.855. The fraction of sp³-hybridized carbons (Fsp3) is 0.625. The molecule has 1 aliphatic carbocycles. The summed E-state index contributed by atoms with van der Waals surface area (Å²) in [6.07, 6.45) is 2.63. The summed E-state index contributed by atoms with van der Waals surface area (Å²) < 4.78 is 5.42. The molecule has 1 aromatic rings. The molecule has 18 heavy (non-hydrogen) atoms. The van der Waals surface area contributed by atoms with Crippen molar-refractivity contribution in [3.63, 3.8) is 0 Å². The van der Waals surface area contributed by atoms with E-state index < -0.39 is 0 Å². The van der Waals surface area contributed by atoms with Gasteiger partial charge in [-0.2, -0.15) is 0 Å². The molecule has 1 aromatic carbocycles. The highest BCUT2D eigenvalue weighted by Gasteiger charge is 2.32. The SMILES string of the molecule is COc1ccccc1C(C)NC1CC(C(C)C)C1. The third-order valence-corrected chi connectivity index (χ3v) is 4.21. The summed E-state index contributed by atoms with van der Waals surface area (Å²) in [6, 6.07) is 9.32. The van der Waals surface area contributed by atoms with E-state index in [0.29, 0.717) is 12.1 Å². The average Bonchev–Trinajstić information content (AvgIpc) is 2.32. The molecule has 0 spiro atoms. The lowest BCUT2D eigenvalue weighted by atomic mass is 9.73. The Hall–Kier alpha value is -1.02. The van der Waals surface area contributed by atoms with Gasteiger partial charge in [0, 0.05) is 17.6 Å². The maximum atomic E-state index is 5.42. The third-order valence-electron chi connectivity index (χ3n) is 4.21. The van der Waals surface area contributed by atoms with E-state index in [1.54, 1.807) is 7.11 Å². The van der Waals surface area contributed by atoms with E-state index in [-0.39, 0.29) is 0 Å². The number of hydrogen-bond donors (Lipinski definition) is 1. The van der Waals surface area contributed by atoms with Crippen LogP contribution in [-0.2, 0) is 0 Å². The molecule has 0 radical (unpaired) electrons. The number of para-hydroxylation sites is 1. The van der Waals surface area contributed by atoms with Gasteiger partial charge in [-0.25, -0.2) is 0 Å². The van der Waals surface area contributed by atoms with Gasteiger partial charge >= 0.3 is 0 Å².